The van der Waals surface area contributed by atoms with Gasteiger partial charge in [-0.05, 0) is 81.9 Å². The minimum atomic E-state index is 0.625. The second-order valence-electron chi connectivity index (χ2n) is 15.6. The highest BCUT2D eigenvalue weighted by atomic mass is 32.1. The van der Waals surface area contributed by atoms with Gasteiger partial charge in [-0.1, -0.05) is 170 Å². The van der Waals surface area contributed by atoms with Crippen LogP contribution in [0.15, 0.2) is 218 Å². The van der Waals surface area contributed by atoms with E-state index in [2.05, 4.69) is 187 Å². The van der Waals surface area contributed by atoms with E-state index in [9.17, 15) is 0 Å². The molecule has 12 rings (SSSR count). The topological polar surface area (TPSA) is 43.6 Å². The van der Waals surface area contributed by atoms with Gasteiger partial charge in [-0.3, -0.25) is 0 Å². The minimum absolute atomic E-state index is 0.625. The Morgan fingerprint density at radius 3 is 1.60 bits per heavy atom. The third kappa shape index (κ3) is 6.18. The molecule has 12 aromatic rings. The molecule has 4 nitrogen and oxygen atoms in total. The van der Waals surface area contributed by atoms with Crippen molar-refractivity contribution in [2.24, 2.45) is 0 Å². The highest BCUT2D eigenvalue weighted by Crippen LogP contribution is 2.45. The molecule has 0 aliphatic heterocycles. The van der Waals surface area contributed by atoms with Crippen LogP contribution in [0, 0.1) is 0 Å². The zero-order valence-corrected chi connectivity index (χ0v) is 34.3. The predicted molar refractivity (Wildman–Crippen MR) is 260 cm³/mol. The van der Waals surface area contributed by atoms with Crippen LogP contribution in [0.3, 0.4) is 0 Å². The SMILES string of the molecule is c1ccc(-c2cccc(-c3ccc(-c4ccc5sc6c(ccc7c6c6ccccc6n7-c6ccccc6)c5c4)c(-c4nc(-c5ccccc5)nc(-c5ccccc5)n4)c3)c2)cc1. The van der Waals surface area contributed by atoms with Crippen LogP contribution in [0.25, 0.3) is 115 Å². The van der Waals surface area contributed by atoms with Crippen molar-refractivity contribution in [2.75, 3.05) is 0 Å². The number of aromatic nitrogens is 4. The highest BCUT2D eigenvalue weighted by Gasteiger charge is 2.20. The Morgan fingerprint density at radius 2 is 0.887 bits per heavy atom. The summed E-state index contributed by atoms with van der Waals surface area (Å²) in [5.74, 6) is 1.89. The Hall–Kier alpha value is -7.99. The molecule has 0 saturated carbocycles. The molecule has 0 aliphatic carbocycles. The molecule has 0 saturated heterocycles. The van der Waals surface area contributed by atoms with Crippen LogP contribution >= 0.6 is 11.3 Å². The number of thiophene rings is 1. The fourth-order valence-electron chi connectivity index (χ4n) is 8.91. The van der Waals surface area contributed by atoms with Crippen molar-refractivity contribution in [3.8, 4) is 73.2 Å². The van der Waals surface area contributed by atoms with E-state index in [0.29, 0.717) is 17.5 Å². The van der Waals surface area contributed by atoms with Crippen LogP contribution in [0.2, 0.25) is 0 Å². The molecule has 62 heavy (non-hydrogen) atoms. The fraction of sp³-hybridized carbons (Fsp3) is 0. The maximum Gasteiger partial charge on any atom is 0.164 e. The van der Waals surface area contributed by atoms with Gasteiger partial charge in [-0.15, -0.1) is 11.3 Å². The second kappa shape index (κ2) is 14.9. The van der Waals surface area contributed by atoms with Crippen LogP contribution in [0.5, 0.6) is 0 Å². The van der Waals surface area contributed by atoms with Gasteiger partial charge in [0.15, 0.2) is 17.5 Å². The number of hydrogen-bond donors (Lipinski definition) is 0. The van der Waals surface area contributed by atoms with Gasteiger partial charge in [0, 0.05) is 53.3 Å². The lowest BCUT2D eigenvalue weighted by molar-refractivity contribution is 1.07. The summed E-state index contributed by atoms with van der Waals surface area (Å²) >= 11 is 1.87. The second-order valence-corrected chi connectivity index (χ2v) is 16.6. The van der Waals surface area contributed by atoms with Crippen molar-refractivity contribution >= 4 is 53.3 Å². The summed E-state index contributed by atoms with van der Waals surface area (Å²) in [4.78, 5) is 15.6. The lowest BCUT2D eigenvalue weighted by Gasteiger charge is -2.15. The van der Waals surface area contributed by atoms with Crippen molar-refractivity contribution in [3.05, 3.63) is 218 Å². The minimum Gasteiger partial charge on any atom is -0.309 e. The van der Waals surface area contributed by atoms with Crippen LogP contribution < -0.4 is 0 Å². The zero-order valence-electron chi connectivity index (χ0n) is 33.5. The molecule has 0 bridgehead atoms. The van der Waals surface area contributed by atoms with E-state index in [0.717, 1.165) is 44.6 Å². The van der Waals surface area contributed by atoms with Crippen LogP contribution in [-0.2, 0) is 0 Å². The van der Waals surface area contributed by atoms with Crippen molar-refractivity contribution in [1.82, 2.24) is 19.5 Å². The Bertz CT molecular complexity index is 3560. The number of para-hydroxylation sites is 2. The lowest BCUT2D eigenvalue weighted by atomic mass is 9.92. The molecule has 0 N–H and O–H groups in total. The molecule has 9 aromatic carbocycles. The van der Waals surface area contributed by atoms with Gasteiger partial charge in [-0.25, -0.2) is 15.0 Å². The smallest absolute Gasteiger partial charge is 0.164 e. The summed E-state index contributed by atoms with van der Waals surface area (Å²) in [6, 6.07) is 77.4. The van der Waals surface area contributed by atoms with Gasteiger partial charge in [0.05, 0.1) is 11.0 Å². The van der Waals surface area contributed by atoms with Crippen molar-refractivity contribution < 1.29 is 0 Å². The molecule has 290 valence electrons. The molecular formula is C57H36N4S. The molecular weight excluding hydrogens is 773 g/mol. The fourth-order valence-corrected chi connectivity index (χ4v) is 10.1. The molecule has 0 unspecified atom stereocenters. The number of fused-ring (bicyclic) bond motifs is 7. The molecule has 0 spiro atoms. The summed E-state index contributed by atoms with van der Waals surface area (Å²) in [6.45, 7) is 0. The van der Waals surface area contributed by atoms with E-state index in [4.69, 9.17) is 15.0 Å². The van der Waals surface area contributed by atoms with Gasteiger partial charge < -0.3 is 4.57 Å². The van der Waals surface area contributed by atoms with E-state index in [1.165, 1.54) is 53.1 Å². The summed E-state index contributed by atoms with van der Waals surface area (Å²) in [7, 11) is 0. The molecule has 5 heteroatoms. The molecule has 0 radical (unpaired) electrons. The van der Waals surface area contributed by atoms with Gasteiger partial charge >= 0.3 is 0 Å². The first-order chi connectivity index (χ1) is 30.7. The third-order valence-corrected chi connectivity index (χ3v) is 13.1. The Balaban J connectivity index is 1.08. The average Bonchev–Trinajstić information content (AvgIpc) is 3.90. The van der Waals surface area contributed by atoms with Crippen LogP contribution in [0.1, 0.15) is 0 Å². The summed E-state index contributed by atoms with van der Waals surface area (Å²) in [6.07, 6.45) is 0. The first kappa shape index (κ1) is 35.9. The van der Waals surface area contributed by atoms with E-state index >= 15 is 0 Å². The Labute approximate surface area is 362 Å². The number of nitrogens with zero attached hydrogens (tertiary/aromatic N) is 4. The van der Waals surface area contributed by atoms with Gasteiger partial charge in [0.1, 0.15) is 0 Å². The quantitative estimate of drug-likeness (QED) is 0.161. The molecule has 0 atom stereocenters. The maximum absolute atomic E-state index is 5.26. The third-order valence-electron chi connectivity index (χ3n) is 11.9. The first-order valence-corrected chi connectivity index (χ1v) is 21.7. The van der Waals surface area contributed by atoms with E-state index in [1.807, 2.05) is 47.7 Å². The summed E-state index contributed by atoms with van der Waals surface area (Å²) in [5, 5.41) is 5.04. The highest BCUT2D eigenvalue weighted by molar-refractivity contribution is 7.26. The normalized spacial score (nSPS) is 11.5. The van der Waals surface area contributed by atoms with Crippen molar-refractivity contribution in [1.29, 1.82) is 0 Å². The number of hydrogen-bond acceptors (Lipinski definition) is 4. The van der Waals surface area contributed by atoms with E-state index in [1.54, 1.807) is 0 Å². The van der Waals surface area contributed by atoms with E-state index < -0.39 is 0 Å². The molecule has 3 aromatic heterocycles. The van der Waals surface area contributed by atoms with E-state index in [-0.39, 0.29) is 0 Å². The van der Waals surface area contributed by atoms with Crippen LogP contribution in [0.4, 0.5) is 0 Å². The largest absolute Gasteiger partial charge is 0.309 e. The van der Waals surface area contributed by atoms with Crippen molar-refractivity contribution in [2.45, 2.75) is 0 Å². The Morgan fingerprint density at radius 1 is 0.323 bits per heavy atom. The van der Waals surface area contributed by atoms with Gasteiger partial charge in [-0.2, -0.15) is 0 Å². The standard InChI is InChI=1S/C57H36N4S/c1-5-16-37(17-6-1)40-22-15-23-41(34-40)42-28-30-45(49(35-42)57-59-55(38-18-7-2-8-19-38)58-56(60-57)39-20-9-3-10-21-39)43-29-33-52-48(36-43)46-31-32-51-53(54(46)62-52)47-26-13-14-27-50(47)61(51)44-24-11-4-12-25-44/h1-36H. The summed E-state index contributed by atoms with van der Waals surface area (Å²) in [5.41, 5.74) is 13.1. The zero-order chi connectivity index (χ0) is 41.0. The average molecular weight is 809 g/mol. The predicted octanol–water partition coefficient (Wildman–Crippen LogP) is 15.3. The maximum atomic E-state index is 5.26. The Kier molecular flexibility index (Phi) is 8.65. The van der Waals surface area contributed by atoms with Crippen molar-refractivity contribution in [3.63, 3.8) is 0 Å². The van der Waals surface area contributed by atoms with Crippen LogP contribution in [-0.4, -0.2) is 19.5 Å². The number of benzene rings is 9. The molecule has 0 aliphatic rings. The van der Waals surface area contributed by atoms with Gasteiger partial charge in [0.25, 0.3) is 0 Å². The molecule has 0 amide bonds. The lowest BCUT2D eigenvalue weighted by Crippen LogP contribution is -2.01. The van der Waals surface area contributed by atoms with Gasteiger partial charge in [0.2, 0.25) is 0 Å². The monoisotopic (exact) mass is 808 g/mol. The first-order valence-electron chi connectivity index (χ1n) is 20.8. The molecule has 3 heterocycles. The molecule has 0 fully saturated rings. The summed E-state index contributed by atoms with van der Waals surface area (Å²) < 4.78 is 4.94. The number of rotatable bonds is 7.